The monoisotopic (exact) mass is 316 g/mol. The fraction of sp³-hybridized carbons (Fsp3) is 0.800. The standard InChI is InChI=1S/C15H27NO6/c1-5-6-7-10-21-13(19)11(8-9-12(17)18)16-14(20)22-15(2,3)4/h11H,5-10H2,1-4H3,(H,16,20)(H,17,18)/p-1. The number of rotatable bonds is 9. The van der Waals surface area contributed by atoms with E-state index in [0.717, 1.165) is 19.3 Å². The maximum Gasteiger partial charge on any atom is 0.408 e. The lowest BCUT2D eigenvalue weighted by molar-refractivity contribution is -0.305. The van der Waals surface area contributed by atoms with Crippen LogP contribution in [0.1, 0.15) is 59.8 Å². The van der Waals surface area contributed by atoms with Crippen LogP contribution in [0.4, 0.5) is 4.79 Å². The van der Waals surface area contributed by atoms with Crippen LogP contribution in [-0.2, 0) is 19.1 Å². The number of carboxylic acids is 1. The third kappa shape index (κ3) is 10.9. The van der Waals surface area contributed by atoms with E-state index in [2.05, 4.69) is 5.32 Å². The Balaban J connectivity index is 4.50. The van der Waals surface area contributed by atoms with Gasteiger partial charge in [0.15, 0.2) is 0 Å². The van der Waals surface area contributed by atoms with Crippen LogP contribution in [0.2, 0.25) is 0 Å². The number of carbonyl (C=O) groups is 3. The van der Waals surface area contributed by atoms with Gasteiger partial charge in [0.25, 0.3) is 0 Å². The second kappa shape index (κ2) is 10.0. The number of ether oxygens (including phenoxy) is 2. The summed E-state index contributed by atoms with van der Waals surface area (Å²) in [6.07, 6.45) is 1.39. The van der Waals surface area contributed by atoms with Gasteiger partial charge in [-0.25, -0.2) is 9.59 Å². The van der Waals surface area contributed by atoms with Crippen LogP contribution in [0.15, 0.2) is 0 Å². The predicted molar refractivity (Wildman–Crippen MR) is 77.9 cm³/mol. The summed E-state index contributed by atoms with van der Waals surface area (Å²) in [6.45, 7) is 7.32. The molecule has 0 saturated heterocycles. The summed E-state index contributed by atoms with van der Waals surface area (Å²) in [6, 6.07) is -1.06. The van der Waals surface area contributed by atoms with Crippen LogP contribution in [0.25, 0.3) is 0 Å². The lowest BCUT2D eigenvalue weighted by Crippen LogP contribution is -2.45. The van der Waals surface area contributed by atoms with Gasteiger partial charge in [0.05, 0.1) is 6.61 Å². The highest BCUT2D eigenvalue weighted by atomic mass is 16.6. The maximum atomic E-state index is 11.9. The Morgan fingerprint density at radius 1 is 1.18 bits per heavy atom. The summed E-state index contributed by atoms with van der Waals surface area (Å²) >= 11 is 0. The summed E-state index contributed by atoms with van der Waals surface area (Å²) < 4.78 is 10.1. The van der Waals surface area contributed by atoms with E-state index < -0.39 is 29.7 Å². The molecule has 0 aromatic carbocycles. The SMILES string of the molecule is CCCCCOC(=O)C(CCC(=O)[O-])NC(=O)OC(C)(C)C. The molecule has 7 heteroatoms. The molecule has 1 N–H and O–H groups in total. The number of unbranched alkanes of at least 4 members (excludes halogenated alkanes) is 2. The van der Waals surface area contributed by atoms with Gasteiger partial charge in [0.2, 0.25) is 0 Å². The molecule has 0 aliphatic carbocycles. The van der Waals surface area contributed by atoms with E-state index in [1.165, 1.54) is 0 Å². The summed E-state index contributed by atoms with van der Waals surface area (Å²) in [7, 11) is 0. The van der Waals surface area contributed by atoms with Gasteiger partial charge in [-0.1, -0.05) is 19.8 Å². The Morgan fingerprint density at radius 2 is 1.82 bits per heavy atom. The van der Waals surface area contributed by atoms with Crippen molar-refractivity contribution in [1.82, 2.24) is 5.32 Å². The van der Waals surface area contributed by atoms with Gasteiger partial charge in [-0.05, 0) is 40.0 Å². The van der Waals surface area contributed by atoms with Crippen molar-refractivity contribution in [3.63, 3.8) is 0 Å². The molecule has 0 rings (SSSR count). The van der Waals surface area contributed by atoms with Crippen molar-refractivity contribution in [2.75, 3.05) is 6.61 Å². The Kier molecular flexibility index (Phi) is 9.21. The first-order chi connectivity index (χ1) is 10.2. The molecule has 0 saturated carbocycles. The van der Waals surface area contributed by atoms with Crippen LogP contribution >= 0.6 is 0 Å². The topological polar surface area (TPSA) is 105 Å². The molecular weight excluding hydrogens is 290 g/mol. The molecule has 0 aromatic rings. The van der Waals surface area contributed by atoms with E-state index in [0.29, 0.717) is 0 Å². The molecule has 128 valence electrons. The van der Waals surface area contributed by atoms with Crippen molar-refractivity contribution in [1.29, 1.82) is 0 Å². The highest BCUT2D eigenvalue weighted by molar-refractivity contribution is 5.82. The lowest BCUT2D eigenvalue weighted by Gasteiger charge is -2.23. The Labute approximate surface area is 131 Å². The van der Waals surface area contributed by atoms with Crippen molar-refractivity contribution in [2.45, 2.75) is 71.4 Å². The number of carbonyl (C=O) groups excluding carboxylic acids is 3. The van der Waals surface area contributed by atoms with Crippen molar-refractivity contribution in [2.24, 2.45) is 0 Å². The van der Waals surface area contributed by atoms with Gasteiger partial charge in [0.1, 0.15) is 11.6 Å². The molecule has 0 aliphatic heterocycles. The van der Waals surface area contributed by atoms with Gasteiger partial charge in [-0.2, -0.15) is 0 Å². The second-order valence-electron chi connectivity index (χ2n) is 5.98. The quantitative estimate of drug-likeness (QED) is 0.505. The molecule has 1 atom stereocenters. The predicted octanol–water partition coefficient (Wildman–Crippen LogP) is 1.14. The van der Waals surface area contributed by atoms with Gasteiger partial charge in [-0.3, -0.25) is 0 Å². The smallest absolute Gasteiger partial charge is 0.408 e. The van der Waals surface area contributed by atoms with E-state index in [-0.39, 0.29) is 19.4 Å². The maximum absolute atomic E-state index is 11.9. The minimum Gasteiger partial charge on any atom is -0.550 e. The highest BCUT2D eigenvalue weighted by Crippen LogP contribution is 2.08. The van der Waals surface area contributed by atoms with Crippen LogP contribution in [-0.4, -0.2) is 36.3 Å². The molecule has 1 unspecified atom stereocenters. The molecule has 0 spiro atoms. The number of amides is 1. The number of alkyl carbamates (subject to hydrolysis) is 1. The lowest BCUT2D eigenvalue weighted by atomic mass is 10.1. The zero-order chi connectivity index (χ0) is 17.2. The Morgan fingerprint density at radius 3 is 2.32 bits per heavy atom. The van der Waals surface area contributed by atoms with Crippen LogP contribution < -0.4 is 10.4 Å². The molecule has 0 aliphatic rings. The summed E-state index contributed by atoms with van der Waals surface area (Å²) in [5, 5.41) is 12.9. The largest absolute Gasteiger partial charge is 0.550 e. The molecule has 1 amide bonds. The summed E-state index contributed by atoms with van der Waals surface area (Å²) in [4.78, 5) is 34.1. The van der Waals surface area contributed by atoms with Crippen molar-refractivity contribution >= 4 is 18.0 Å². The van der Waals surface area contributed by atoms with E-state index >= 15 is 0 Å². The average Bonchev–Trinajstić information content (AvgIpc) is 2.37. The third-order valence-corrected chi connectivity index (χ3v) is 2.60. The third-order valence-electron chi connectivity index (χ3n) is 2.60. The Bertz CT molecular complexity index is 375. The van der Waals surface area contributed by atoms with E-state index in [1.54, 1.807) is 20.8 Å². The zero-order valence-corrected chi connectivity index (χ0v) is 13.8. The Hall–Kier alpha value is -1.79. The number of nitrogens with one attached hydrogen (secondary N) is 1. The fourth-order valence-electron chi connectivity index (χ4n) is 1.59. The molecule has 0 heterocycles. The van der Waals surface area contributed by atoms with E-state index in [1.807, 2.05) is 6.92 Å². The molecule has 22 heavy (non-hydrogen) atoms. The molecular formula is C15H26NO6-. The van der Waals surface area contributed by atoms with Crippen molar-refractivity contribution in [3.8, 4) is 0 Å². The number of carboxylic acid groups (broad SMARTS) is 1. The first-order valence-electron chi connectivity index (χ1n) is 7.51. The van der Waals surface area contributed by atoms with Crippen LogP contribution in [0.3, 0.4) is 0 Å². The molecule has 0 bridgehead atoms. The molecule has 0 fully saturated rings. The van der Waals surface area contributed by atoms with E-state index in [4.69, 9.17) is 9.47 Å². The van der Waals surface area contributed by atoms with Gasteiger partial charge in [0, 0.05) is 5.97 Å². The minimum atomic E-state index is -1.30. The average molecular weight is 316 g/mol. The van der Waals surface area contributed by atoms with Gasteiger partial charge >= 0.3 is 12.1 Å². The number of hydrogen-bond acceptors (Lipinski definition) is 6. The number of aliphatic carboxylic acids is 1. The number of hydrogen-bond donors (Lipinski definition) is 1. The second-order valence-corrected chi connectivity index (χ2v) is 5.98. The molecule has 0 aromatic heterocycles. The summed E-state index contributed by atoms with van der Waals surface area (Å²) in [5.74, 6) is -1.96. The van der Waals surface area contributed by atoms with Crippen LogP contribution in [0.5, 0.6) is 0 Å². The van der Waals surface area contributed by atoms with Gasteiger partial charge in [-0.15, -0.1) is 0 Å². The zero-order valence-electron chi connectivity index (χ0n) is 13.8. The highest BCUT2D eigenvalue weighted by Gasteiger charge is 2.25. The first kappa shape index (κ1) is 20.2. The van der Waals surface area contributed by atoms with Gasteiger partial charge < -0.3 is 24.7 Å². The fourth-order valence-corrected chi connectivity index (χ4v) is 1.59. The van der Waals surface area contributed by atoms with Crippen LogP contribution in [0, 0.1) is 0 Å². The van der Waals surface area contributed by atoms with Crippen molar-refractivity contribution < 1.29 is 29.0 Å². The number of esters is 1. The van der Waals surface area contributed by atoms with Crippen molar-refractivity contribution in [3.05, 3.63) is 0 Å². The molecule has 7 nitrogen and oxygen atoms in total. The minimum absolute atomic E-state index is 0.103. The van der Waals surface area contributed by atoms with E-state index in [9.17, 15) is 19.5 Å². The molecule has 0 radical (unpaired) electrons. The first-order valence-corrected chi connectivity index (χ1v) is 7.51. The normalized spacial score (nSPS) is 12.4. The summed E-state index contributed by atoms with van der Waals surface area (Å²) in [5.41, 5.74) is -0.714.